The third-order valence-corrected chi connectivity index (χ3v) is 3.32. The van der Waals surface area contributed by atoms with Crippen molar-refractivity contribution in [2.45, 2.75) is 31.4 Å². The standard InChI is InChI=1S/C16H20N2O2/c17-10-13-5-4-8-16(9-13)20-12-15(19)11-18-14-6-2-1-3-7-14/h1-2,4-5,8-9,14-15,18-19H,3,6-7,11-12H2. The molecule has 0 spiro atoms. The van der Waals surface area contributed by atoms with Crippen LogP contribution in [0, 0.1) is 11.3 Å². The Morgan fingerprint density at radius 3 is 3.10 bits per heavy atom. The van der Waals surface area contributed by atoms with Crippen LogP contribution in [0.5, 0.6) is 5.75 Å². The fourth-order valence-corrected chi connectivity index (χ4v) is 2.19. The maximum Gasteiger partial charge on any atom is 0.120 e. The molecule has 2 unspecified atom stereocenters. The van der Waals surface area contributed by atoms with Gasteiger partial charge in [-0.1, -0.05) is 18.2 Å². The minimum absolute atomic E-state index is 0.227. The van der Waals surface area contributed by atoms with E-state index >= 15 is 0 Å². The molecule has 4 heteroatoms. The van der Waals surface area contributed by atoms with Crippen LogP contribution in [0.1, 0.15) is 24.8 Å². The number of benzene rings is 1. The van der Waals surface area contributed by atoms with Crippen molar-refractivity contribution < 1.29 is 9.84 Å². The zero-order valence-electron chi connectivity index (χ0n) is 11.5. The zero-order chi connectivity index (χ0) is 14.2. The van der Waals surface area contributed by atoms with Crippen LogP contribution < -0.4 is 10.1 Å². The number of rotatable bonds is 6. The van der Waals surface area contributed by atoms with Gasteiger partial charge in [-0.05, 0) is 37.5 Å². The summed E-state index contributed by atoms with van der Waals surface area (Å²) in [5.74, 6) is 0.615. The predicted octanol–water partition coefficient (Wildman–Crippen LogP) is 2.00. The van der Waals surface area contributed by atoms with Gasteiger partial charge in [-0.25, -0.2) is 0 Å². The van der Waals surface area contributed by atoms with Gasteiger partial charge in [-0.3, -0.25) is 0 Å². The minimum atomic E-state index is -0.549. The largest absolute Gasteiger partial charge is 0.491 e. The summed E-state index contributed by atoms with van der Waals surface area (Å²) in [5.41, 5.74) is 0.559. The molecule has 20 heavy (non-hydrogen) atoms. The Morgan fingerprint density at radius 1 is 1.45 bits per heavy atom. The topological polar surface area (TPSA) is 65.3 Å². The summed E-state index contributed by atoms with van der Waals surface area (Å²) in [4.78, 5) is 0. The summed E-state index contributed by atoms with van der Waals surface area (Å²) in [6.45, 7) is 0.751. The number of nitriles is 1. The molecular formula is C16H20N2O2. The maximum absolute atomic E-state index is 9.90. The van der Waals surface area contributed by atoms with Crippen LogP contribution in [0.3, 0.4) is 0 Å². The average Bonchev–Trinajstić information content (AvgIpc) is 2.52. The minimum Gasteiger partial charge on any atom is -0.491 e. The first-order valence-corrected chi connectivity index (χ1v) is 6.97. The second-order valence-corrected chi connectivity index (χ2v) is 4.99. The number of aliphatic hydroxyl groups is 1. The van der Waals surface area contributed by atoms with Crippen molar-refractivity contribution in [3.05, 3.63) is 42.0 Å². The lowest BCUT2D eigenvalue weighted by molar-refractivity contribution is 0.103. The highest BCUT2D eigenvalue weighted by atomic mass is 16.5. The normalized spacial score (nSPS) is 19.3. The van der Waals surface area contributed by atoms with Crippen molar-refractivity contribution >= 4 is 0 Å². The average molecular weight is 272 g/mol. The van der Waals surface area contributed by atoms with Crippen LogP contribution in [-0.4, -0.2) is 30.4 Å². The van der Waals surface area contributed by atoms with E-state index in [-0.39, 0.29) is 6.61 Å². The van der Waals surface area contributed by atoms with Gasteiger partial charge in [-0.15, -0.1) is 0 Å². The van der Waals surface area contributed by atoms with E-state index in [1.54, 1.807) is 24.3 Å². The lowest BCUT2D eigenvalue weighted by Gasteiger charge is -2.21. The summed E-state index contributed by atoms with van der Waals surface area (Å²) < 4.78 is 5.50. The van der Waals surface area contributed by atoms with Crippen LogP contribution in [0.25, 0.3) is 0 Å². The molecule has 0 saturated carbocycles. The van der Waals surface area contributed by atoms with Gasteiger partial charge in [0.15, 0.2) is 0 Å². The molecule has 2 atom stereocenters. The van der Waals surface area contributed by atoms with Crippen LogP contribution in [0.15, 0.2) is 36.4 Å². The molecular weight excluding hydrogens is 252 g/mol. The Kier molecular flexibility index (Phi) is 5.60. The van der Waals surface area contributed by atoms with Gasteiger partial charge in [0.25, 0.3) is 0 Å². The monoisotopic (exact) mass is 272 g/mol. The highest BCUT2D eigenvalue weighted by molar-refractivity contribution is 5.36. The van der Waals surface area contributed by atoms with E-state index < -0.39 is 6.10 Å². The second-order valence-electron chi connectivity index (χ2n) is 4.99. The van der Waals surface area contributed by atoms with Crippen molar-refractivity contribution in [1.82, 2.24) is 5.32 Å². The highest BCUT2D eigenvalue weighted by Gasteiger charge is 2.12. The number of nitrogens with zero attached hydrogens (tertiary/aromatic N) is 1. The van der Waals surface area contributed by atoms with E-state index in [9.17, 15) is 5.11 Å². The van der Waals surface area contributed by atoms with E-state index in [4.69, 9.17) is 10.00 Å². The highest BCUT2D eigenvalue weighted by Crippen LogP contribution is 2.13. The van der Waals surface area contributed by atoms with Gasteiger partial charge < -0.3 is 15.2 Å². The van der Waals surface area contributed by atoms with Gasteiger partial charge >= 0.3 is 0 Å². The van der Waals surface area contributed by atoms with E-state index in [0.29, 0.717) is 23.9 Å². The van der Waals surface area contributed by atoms with Gasteiger partial charge in [0.1, 0.15) is 18.5 Å². The molecule has 0 aliphatic heterocycles. The number of allylic oxidation sites excluding steroid dienone is 1. The molecule has 2 rings (SSSR count). The zero-order valence-corrected chi connectivity index (χ0v) is 11.5. The first kappa shape index (κ1) is 14.6. The summed E-state index contributed by atoms with van der Waals surface area (Å²) >= 11 is 0. The molecule has 0 saturated heterocycles. The predicted molar refractivity (Wildman–Crippen MR) is 77.4 cm³/mol. The molecule has 1 aromatic carbocycles. The molecule has 2 N–H and O–H groups in total. The Labute approximate surface area is 119 Å². The first-order valence-electron chi connectivity index (χ1n) is 6.97. The number of aliphatic hydroxyl groups excluding tert-OH is 1. The molecule has 0 bridgehead atoms. The summed E-state index contributed by atoms with van der Waals surface area (Å²) in [6.07, 6.45) is 7.07. The van der Waals surface area contributed by atoms with Crippen molar-refractivity contribution in [3.8, 4) is 11.8 Å². The Balaban J connectivity index is 1.70. The molecule has 0 amide bonds. The fourth-order valence-electron chi connectivity index (χ4n) is 2.19. The Morgan fingerprint density at radius 2 is 2.35 bits per heavy atom. The molecule has 0 aromatic heterocycles. The maximum atomic E-state index is 9.90. The lowest BCUT2D eigenvalue weighted by Crippen LogP contribution is -2.38. The van der Waals surface area contributed by atoms with E-state index in [1.165, 1.54) is 0 Å². The van der Waals surface area contributed by atoms with Gasteiger partial charge in [0.2, 0.25) is 0 Å². The molecule has 1 aliphatic carbocycles. The van der Waals surface area contributed by atoms with E-state index in [0.717, 1.165) is 19.3 Å². The summed E-state index contributed by atoms with van der Waals surface area (Å²) in [7, 11) is 0. The van der Waals surface area contributed by atoms with Crippen molar-refractivity contribution in [2.24, 2.45) is 0 Å². The molecule has 0 fully saturated rings. The molecule has 106 valence electrons. The second kappa shape index (κ2) is 7.68. The van der Waals surface area contributed by atoms with Gasteiger partial charge in [0.05, 0.1) is 11.6 Å². The Bertz CT molecular complexity index is 493. The molecule has 1 aromatic rings. The van der Waals surface area contributed by atoms with Crippen LogP contribution in [-0.2, 0) is 0 Å². The molecule has 4 nitrogen and oxygen atoms in total. The first-order chi connectivity index (χ1) is 9.78. The fraction of sp³-hybridized carbons (Fsp3) is 0.438. The number of hydrogen-bond acceptors (Lipinski definition) is 4. The number of ether oxygens (including phenoxy) is 1. The van der Waals surface area contributed by atoms with Crippen molar-refractivity contribution in [3.63, 3.8) is 0 Å². The van der Waals surface area contributed by atoms with Crippen molar-refractivity contribution in [2.75, 3.05) is 13.2 Å². The number of hydrogen-bond donors (Lipinski definition) is 2. The van der Waals surface area contributed by atoms with Gasteiger partial charge in [-0.2, -0.15) is 5.26 Å². The third-order valence-electron chi connectivity index (χ3n) is 3.32. The van der Waals surface area contributed by atoms with E-state index in [1.807, 2.05) is 0 Å². The smallest absolute Gasteiger partial charge is 0.120 e. The number of nitrogens with one attached hydrogen (secondary N) is 1. The van der Waals surface area contributed by atoms with Crippen LogP contribution in [0.4, 0.5) is 0 Å². The lowest BCUT2D eigenvalue weighted by atomic mass is 10.0. The molecule has 1 aliphatic rings. The summed E-state index contributed by atoms with van der Waals surface area (Å²) in [6, 6.07) is 9.47. The molecule has 0 heterocycles. The quantitative estimate of drug-likeness (QED) is 0.777. The summed E-state index contributed by atoms with van der Waals surface area (Å²) in [5, 5.41) is 22.0. The van der Waals surface area contributed by atoms with E-state index in [2.05, 4.69) is 23.5 Å². The SMILES string of the molecule is N#Cc1cccc(OCC(O)CNC2CC=CCC2)c1. The molecule has 0 radical (unpaired) electrons. The Hall–Kier alpha value is -1.83. The van der Waals surface area contributed by atoms with Gasteiger partial charge in [0, 0.05) is 12.6 Å². The van der Waals surface area contributed by atoms with Crippen LogP contribution in [0.2, 0.25) is 0 Å². The van der Waals surface area contributed by atoms with Crippen LogP contribution >= 0.6 is 0 Å². The third kappa shape index (κ3) is 4.69. The van der Waals surface area contributed by atoms with Crippen molar-refractivity contribution in [1.29, 1.82) is 5.26 Å².